The van der Waals surface area contributed by atoms with Gasteiger partial charge in [0.05, 0.1) is 17.2 Å². The molecule has 94 valence electrons. The lowest BCUT2D eigenvalue weighted by Crippen LogP contribution is -2.07. The second-order valence-electron chi connectivity index (χ2n) is 4.21. The van der Waals surface area contributed by atoms with Crippen molar-refractivity contribution in [1.29, 1.82) is 0 Å². The van der Waals surface area contributed by atoms with Gasteiger partial charge in [0.2, 0.25) is 0 Å². The van der Waals surface area contributed by atoms with Crippen LogP contribution in [0.3, 0.4) is 0 Å². The van der Waals surface area contributed by atoms with Crippen LogP contribution in [-0.2, 0) is 0 Å². The third-order valence-electron chi connectivity index (χ3n) is 3.01. The lowest BCUT2D eigenvalue weighted by Gasteiger charge is -2.06. The number of aldehydes is 1. The predicted octanol–water partition coefficient (Wildman–Crippen LogP) is 2.30. The summed E-state index contributed by atoms with van der Waals surface area (Å²) in [5.74, 6) is 0.777. The predicted molar refractivity (Wildman–Crippen MR) is 70.2 cm³/mol. The largest absolute Gasteiger partial charge is 0.453 e. The molecule has 5 heteroatoms. The van der Waals surface area contributed by atoms with Crippen LogP contribution in [0.25, 0.3) is 22.2 Å². The van der Waals surface area contributed by atoms with E-state index in [1.807, 2.05) is 13.0 Å². The van der Waals surface area contributed by atoms with Crippen molar-refractivity contribution >= 4 is 17.2 Å². The number of nitrogens with zero attached hydrogens (tertiary/aromatic N) is 1. The van der Waals surface area contributed by atoms with Gasteiger partial charge in [-0.1, -0.05) is 6.07 Å². The number of carbonyl (C=O) groups excluding carboxylic acids is 1. The molecule has 0 aliphatic heterocycles. The van der Waals surface area contributed by atoms with Gasteiger partial charge < -0.3 is 9.40 Å². The van der Waals surface area contributed by atoms with Crippen molar-refractivity contribution < 1.29 is 9.21 Å². The molecule has 3 rings (SSSR count). The van der Waals surface area contributed by atoms with Gasteiger partial charge in [-0.15, -0.1) is 0 Å². The molecule has 1 aromatic carbocycles. The van der Waals surface area contributed by atoms with Crippen LogP contribution in [0.2, 0.25) is 0 Å². The highest BCUT2D eigenvalue weighted by atomic mass is 16.3. The Labute approximate surface area is 107 Å². The van der Waals surface area contributed by atoms with E-state index in [9.17, 15) is 9.59 Å². The van der Waals surface area contributed by atoms with E-state index in [1.165, 1.54) is 6.33 Å². The van der Waals surface area contributed by atoms with E-state index in [0.29, 0.717) is 22.9 Å². The summed E-state index contributed by atoms with van der Waals surface area (Å²) in [6, 6.07) is 6.85. The fourth-order valence-electron chi connectivity index (χ4n) is 2.10. The number of fused-ring (bicyclic) bond motifs is 1. The number of aromatic nitrogens is 2. The van der Waals surface area contributed by atoms with Gasteiger partial charge in [-0.25, -0.2) is 4.98 Å². The van der Waals surface area contributed by atoms with E-state index in [1.54, 1.807) is 18.2 Å². The minimum Gasteiger partial charge on any atom is -0.453 e. The van der Waals surface area contributed by atoms with Gasteiger partial charge in [-0.3, -0.25) is 9.59 Å². The van der Waals surface area contributed by atoms with Gasteiger partial charge >= 0.3 is 0 Å². The second kappa shape index (κ2) is 4.20. The number of nitrogens with one attached hydrogen (secondary N) is 1. The van der Waals surface area contributed by atoms with Crippen LogP contribution in [0.5, 0.6) is 0 Å². The maximum Gasteiger partial charge on any atom is 0.258 e. The second-order valence-corrected chi connectivity index (χ2v) is 4.21. The molecular formula is C14H10N2O3. The van der Waals surface area contributed by atoms with Crippen LogP contribution in [-0.4, -0.2) is 16.3 Å². The maximum atomic E-state index is 11.8. The summed E-state index contributed by atoms with van der Waals surface area (Å²) in [5.41, 5.74) is 2.03. The molecule has 2 aromatic heterocycles. The third kappa shape index (κ3) is 1.76. The molecule has 19 heavy (non-hydrogen) atoms. The first-order chi connectivity index (χ1) is 9.20. The zero-order valence-electron chi connectivity index (χ0n) is 10.1. The van der Waals surface area contributed by atoms with Crippen molar-refractivity contribution in [2.24, 2.45) is 0 Å². The van der Waals surface area contributed by atoms with Crippen LogP contribution in [0.1, 0.15) is 16.1 Å². The maximum absolute atomic E-state index is 11.8. The minimum absolute atomic E-state index is 0.201. The van der Waals surface area contributed by atoms with Crippen LogP contribution in [0, 0.1) is 6.92 Å². The van der Waals surface area contributed by atoms with Gasteiger partial charge in [0.15, 0.2) is 12.0 Å². The Kier molecular flexibility index (Phi) is 2.52. The Morgan fingerprint density at radius 2 is 2.11 bits per heavy atom. The van der Waals surface area contributed by atoms with E-state index in [4.69, 9.17) is 4.42 Å². The average molecular weight is 254 g/mol. The van der Waals surface area contributed by atoms with Crippen molar-refractivity contribution in [2.45, 2.75) is 6.92 Å². The van der Waals surface area contributed by atoms with Crippen LogP contribution in [0.4, 0.5) is 0 Å². The van der Waals surface area contributed by atoms with Crippen LogP contribution in [0.15, 0.2) is 39.8 Å². The van der Waals surface area contributed by atoms with E-state index in [-0.39, 0.29) is 11.3 Å². The number of H-pyrrole nitrogens is 1. The Morgan fingerprint density at radius 3 is 2.84 bits per heavy atom. The summed E-state index contributed by atoms with van der Waals surface area (Å²) in [6.07, 6.45) is 2.00. The zero-order valence-corrected chi connectivity index (χ0v) is 10.1. The first kappa shape index (κ1) is 11.4. The van der Waals surface area contributed by atoms with Crippen molar-refractivity contribution in [3.8, 4) is 11.3 Å². The highest BCUT2D eigenvalue weighted by Gasteiger charge is 2.13. The minimum atomic E-state index is -0.201. The molecule has 0 bridgehead atoms. The quantitative estimate of drug-likeness (QED) is 0.712. The number of hydrogen-bond acceptors (Lipinski definition) is 4. The Morgan fingerprint density at radius 1 is 1.26 bits per heavy atom. The van der Waals surface area contributed by atoms with Gasteiger partial charge in [0.1, 0.15) is 5.76 Å². The molecule has 0 aliphatic rings. The van der Waals surface area contributed by atoms with Crippen LogP contribution >= 0.6 is 0 Å². The lowest BCUT2D eigenvalue weighted by molar-refractivity contribution is 0.110. The molecule has 0 atom stereocenters. The lowest BCUT2D eigenvalue weighted by atomic mass is 10.0. The van der Waals surface area contributed by atoms with Gasteiger partial charge in [0.25, 0.3) is 5.56 Å². The van der Waals surface area contributed by atoms with Crippen molar-refractivity contribution in [3.63, 3.8) is 0 Å². The highest BCUT2D eigenvalue weighted by Crippen LogP contribution is 2.30. The van der Waals surface area contributed by atoms with Gasteiger partial charge in [-0.05, 0) is 30.7 Å². The molecule has 2 heterocycles. The smallest absolute Gasteiger partial charge is 0.258 e. The molecule has 0 saturated heterocycles. The molecule has 0 saturated carbocycles. The first-order valence-corrected chi connectivity index (χ1v) is 5.73. The molecule has 3 aromatic rings. The number of aromatic amines is 1. The van der Waals surface area contributed by atoms with E-state index >= 15 is 0 Å². The van der Waals surface area contributed by atoms with E-state index < -0.39 is 0 Å². The number of benzene rings is 1. The van der Waals surface area contributed by atoms with Gasteiger partial charge in [0, 0.05) is 5.56 Å². The first-order valence-electron chi connectivity index (χ1n) is 5.73. The molecule has 5 nitrogen and oxygen atoms in total. The monoisotopic (exact) mass is 254 g/mol. The number of hydrogen-bond donors (Lipinski definition) is 1. The number of furan rings is 1. The molecule has 0 unspecified atom stereocenters. The van der Waals surface area contributed by atoms with Crippen molar-refractivity contribution in [2.75, 3.05) is 0 Å². The fraction of sp³-hybridized carbons (Fsp3) is 0.0714. The number of aryl methyl sites for hydroxylation is 1. The molecule has 0 radical (unpaired) electrons. The topological polar surface area (TPSA) is 76.0 Å². The number of carbonyl (C=O) groups is 1. The zero-order chi connectivity index (χ0) is 13.4. The van der Waals surface area contributed by atoms with Crippen LogP contribution < -0.4 is 5.56 Å². The highest BCUT2D eigenvalue weighted by molar-refractivity contribution is 5.93. The summed E-state index contributed by atoms with van der Waals surface area (Å²) in [6.45, 7) is 1.90. The molecular weight excluding hydrogens is 244 g/mol. The summed E-state index contributed by atoms with van der Waals surface area (Å²) < 4.78 is 5.43. The molecule has 1 N–H and O–H groups in total. The SMILES string of the molecule is Cc1ccc2c(=O)[nH]cnc2c1-c1ccc(C=O)o1. The van der Waals surface area contributed by atoms with Gasteiger partial charge in [-0.2, -0.15) is 0 Å². The summed E-state index contributed by atoms with van der Waals surface area (Å²) >= 11 is 0. The molecule has 0 amide bonds. The normalized spacial score (nSPS) is 10.8. The molecule has 0 fully saturated rings. The molecule has 0 spiro atoms. The van der Waals surface area contributed by atoms with E-state index in [0.717, 1.165) is 11.1 Å². The number of rotatable bonds is 2. The summed E-state index contributed by atoms with van der Waals surface area (Å²) in [7, 11) is 0. The fourth-order valence-corrected chi connectivity index (χ4v) is 2.10. The van der Waals surface area contributed by atoms with E-state index in [2.05, 4.69) is 9.97 Å². The standard InChI is InChI=1S/C14H10N2O3/c1-8-2-4-10-13(15-7-16-14(10)18)12(8)11-5-3-9(6-17)19-11/h2-7H,1H3,(H,15,16,18). The third-order valence-corrected chi connectivity index (χ3v) is 3.01. The van der Waals surface area contributed by atoms with Crippen molar-refractivity contribution in [3.05, 3.63) is 52.3 Å². The summed E-state index contributed by atoms with van der Waals surface area (Å²) in [4.78, 5) is 29.2. The molecule has 0 aliphatic carbocycles. The Bertz CT molecular complexity index is 830. The Balaban J connectivity index is 2.39. The Hall–Kier alpha value is -2.69. The van der Waals surface area contributed by atoms with Crippen molar-refractivity contribution in [1.82, 2.24) is 9.97 Å². The summed E-state index contributed by atoms with van der Waals surface area (Å²) in [5, 5.41) is 0.493. The average Bonchev–Trinajstić information content (AvgIpc) is 2.87.